The first-order valence-electron chi connectivity index (χ1n) is 21.2. The van der Waals surface area contributed by atoms with Crippen LogP contribution in [0.1, 0.15) is 196 Å². The number of esters is 1. The molecule has 2 heteroatoms. The van der Waals surface area contributed by atoms with Crippen LogP contribution >= 0.6 is 0 Å². The lowest BCUT2D eigenvalue weighted by atomic mass is 9.47. The largest absolute Gasteiger partial charge is 0.462 e. The van der Waals surface area contributed by atoms with Gasteiger partial charge < -0.3 is 4.74 Å². The quantitative estimate of drug-likeness (QED) is 0.0744. The highest BCUT2D eigenvalue weighted by Crippen LogP contribution is 2.67. The molecule has 0 aliphatic heterocycles. The molecular weight excluding hydrogens is 572 g/mol. The Morgan fingerprint density at radius 3 is 2.26 bits per heavy atom. The lowest BCUT2D eigenvalue weighted by Gasteiger charge is -2.58. The number of carbonyl (C=O) groups is 1. The molecule has 4 rings (SSSR count). The van der Waals surface area contributed by atoms with Gasteiger partial charge in [0, 0.05) is 12.8 Å². The van der Waals surface area contributed by atoms with Gasteiger partial charge in [0.1, 0.15) is 6.10 Å². The molecule has 4 aliphatic carbocycles. The van der Waals surface area contributed by atoms with E-state index in [1.54, 1.807) is 5.57 Å². The monoisotopic (exact) mass is 651 g/mol. The molecule has 0 aromatic rings. The Morgan fingerprint density at radius 1 is 0.851 bits per heavy atom. The van der Waals surface area contributed by atoms with Gasteiger partial charge in [-0.25, -0.2) is 0 Å². The summed E-state index contributed by atoms with van der Waals surface area (Å²) in [6.45, 7) is 17.5. The number of hydrogen-bond acceptors (Lipinski definition) is 2. The maximum Gasteiger partial charge on any atom is 0.306 e. The number of ether oxygens (including phenoxy) is 1. The molecule has 2 nitrogen and oxygen atoms in total. The van der Waals surface area contributed by atoms with Crippen LogP contribution in [0, 0.1) is 52.3 Å². The third-order valence-corrected chi connectivity index (χ3v) is 14.7. The first kappa shape index (κ1) is 38.7. The molecule has 0 heterocycles. The van der Waals surface area contributed by atoms with E-state index in [1.165, 1.54) is 109 Å². The second-order valence-corrected chi connectivity index (χ2v) is 17.9. The van der Waals surface area contributed by atoms with E-state index in [9.17, 15) is 4.79 Å². The maximum atomic E-state index is 12.8. The Bertz CT molecular complexity index is 992. The van der Waals surface area contributed by atoms with Crippen LogP contribution in [0.25, 0.3) is 0 Å². The van der Waals surface area contributed by atoms with Gasteiger partial charge in [-0.15, -0.1) is 0 Å². The van der Waals surface area contributed by atoms with Crippen molar-refractivity contribution in [2.24, 2.45) is 52.3 Å². The average Bonchev–Trinajstić information content (AvgIpc) is 3.41. The SMILES string of the molecule is CCCCCCCC/C=C\CCCCCC(=O)OC1CCC2(C)C(=CCC3C2CCC2(C)C(C(C)CCC(CC)C(C)C)CCC32)C1. The van der Waals surface area contributed by atoms with Crippen LogP contribution in [0.2, 0.25) is 0 Å². The molecule has 0 saturated heterocycles. The summed E-state index contributed by atoms with van der Waals surface area (Å²) < 4.78 is 6.12. The van der Waals surface area contributed by atoms with E-state index in [1.807, 2.05) is 0 Å². The molecule has 270 valence electrons. The summed E-state index contributed by atoms with van der Waals surface area (Å²) in [6.07, 6.45) is 36.5. The molecule has 9 unspecified atom stereocenters. The molecule has 3 fully saturated rings. The lowest BCUT2D eigenvalue weighted by molar-refractivity contribution is -0.151. The summed E-state index contributed by atoms with van der Waals surface area (Å²) in [5.41, 5.74) is 2.50. The number of unbranched alkanes of at least 4 members (excludes halogenated alkanes) is 9. The zero-order chi connectivity index (χ0) is 33.9. The minimum atomic E-state index is 0.0460. The second-order valence-electron chi connectivity index (χ2n) is 17.9. The van der Waals surface area contributed by atoms with Gasteiger partial charge in [0.25, 0.3) is 0 Å². The van der Waals surface area contributed by atoms with E-state index in [0.29, 0.717) is 17.3 Å². The fourth-order valence-electron chi connectivity index (χ4n) is 11.6. The first-order chi connectivity index (χ1) is 22.6. The molecule has 9 atom stereocenters. The van der Waals surface area contributed by atoms with E-state index in [-0.39, 0.29) is 12.1 Å². The van der Waals surface area contributed by atoms with Gasteiger partial charge in [0.05, 0.1) is 0 Å². The lowest BCUT2D eigenvalue weighted by Crippen LogP contribution is -2.51. The van der Waals surface area contributed by atoms with Crippen LogP contribution in [0.5, 0.6) is 0 Å². The smallest absolute Gasteiger partial charge is 0.306 e. The fourth-order valence-corrected chi connectivity index (χ4v) is 11.6. The van der Waals surface area contributed by atoms with Crippen molar-refractivity contribution < 1.29 is 9.53 Å². The van der Waals surface area contributed by atoms with Crippen molar-refractivity contribution in [2.45, 2.75) is 202 Å². The van der Waals surface area contributed by atoms with Crippen LogP contribution in [0.15, 0.2) is 23.8 Å². The first-order valence-corrected chi connectivity index (χ1v) is 21.2. The third-order valence-electron chi connectivity index (χ3n) is 14.7. The predicted octanol–water partition coefficient (Wildman–Crippen LogP) is 13.8. The van der Waals surface area contributed by atoms with Crippen molar-refractivity contribution in [3.63, 3.8) is 0 Å². The van der Waals surface area contributed by atoms with Gasteiger partial charge in [0.15, 0.2) is 0 Å². The minimum absolute atomic E-state index is 0.0460. The molecular formula is C45H78O2. The van der Waals surface area contributed by atoms with Gasteiger partial charge in [-0.05, 0) is 136 Å². The maximum absolute atomic E-state index is 12.8. The third kappa shape index (κ3) is 10.0. The Hall–Kier alpha value is -1.05. The van der Waals surface area contributed by atoms with Crippen molar-refractivity contribution in [2.75, 3.05) is 0 Å². The van der Waals surface area contributed by atoms with Gasteiger partial charge >= 0.3 is 5.97 Å². The van der Waals surface area contributed by atoms with Crippen molar-refractivity contribution in [1.29, 1.82) is 0 Å². The molecule has 0 bridgehead atoms. The number of fused-ring (bicyclic) bond motifs is 5. The molecule has 4 aliphatic rings. The fraction of sp³-hybridized carbons (Fsp3) is 0.889. The highest BCUT2D eigenvalue weighted by molar-refractivity contribution is 5.69. The van der Waals surface area contributed by atoms with E-state index >= 15 is 0 Å². The minimum Gasteiger partial charge on any atom is -0.462 e. The van der Waals surface area contributed by atoms with Crippen LogP contribution in [-0.4, -0.2) is 12.1 Å². The zero-order valence-corrected chi connectivity index (χ0v) is 32.4. The van der Waals surface area contributed by atoms with Crippen molar-refractivity contribution in [3.8, 4) is 0 Å². The Labute approximate surface area is 293 Å². The highest BCUT2D eigenvalue weighted by Gasteiger charge is 2.59. The van der Waals surface area contributed by atoms with Crippen molar-refractivity contribution >= 4 is 5.97 Å². The van der Waals surface area contributed by atoms with Crippen LogP contribution in [0.3, 0.4) is 0 Å². The summed E-state index contributed by atoms with van der Waals surface area (Å²) in [7, 11) is 0. The van der Waals surface area contributed by atoms with Gasteiger partial charge in [-0.2, -0.15) is 0 Å². The van der Waals surface area contributed by atoms with Crippen molar-refractivity contribution in [1.82, 2.24) is 0 Å². The van der Waals surface area contributed by atoms with Crippen LogP contribution < -0.4 is 0 Å². The number of rotatable bonds is 20. The summed E-state index contributed by atoms with van der Waals surface area (Å²) >= 11 is 0. The normalized spacial score (nSPS) is 33.3. The highest BCUT2D eigenvalue weighted by atomic mass is 16.5. The molecule has 0 spiro atoms. The van der Waals surface area contributed by atoms with E-state index < -0.39 is 0 Å². The van der Waals surface area contributed by atoms with Crippen LogP contribution in [-0.2, 0) is 9.53 Å². The van der Waals surface area contributed by atoms with Gasteiger partial charge in [0.2, 0.25) is 0 Å². The number of carbonyl (C=O) groups excluding carboxylic acids is 1. The molecule has 0 amide bonds. The standard InChI is InChI=1S/C45H78O2/c1-8-10-11-12-13-14-15-16-17-18-19-20-21-22-43(46)47-38-29-31-44(6)37(33-38)25-26-39-41-28-27-40(45(41,7)32-30-42(39)44)35(5)23-24-36(9-2)34(3)4/h16-17,25,34-36,38-42H,8-15,18-24,26-33H2,1-7H3/b17-16-. The molecule has 0 aromatic heterocycles. The molecule has 3 saturated carbocycles. The zero-order valence-electron chi connectivity index (χ0n) is 32.4. The Balaban J connectivity index is 1.18. The Morgan fingerprint density at radius 2 is 1.55 bits per heavy atom. The van der Waals surface area contributed by atoms with E-state index in [4.69, 9.17) is 4.74 Å². The molecule has 0 N–H and O–H groups in total. The molecule has 0 aromatic carbocycles. The summed E-state index contributed by atoms with van der Waals surface area (Å²) in [4.78, 5) is 12.8. The second kappa shape index (κ2) is 18.8. The van der Waals surface area contributed by atoms with Gasteiger partial charge in [-0.3, -0.25) is 4.79 Å². The van der Waals surface area contributed by atoms with Gasteiger partial charge in [-0.1, -0.05) is 124 Å². The van der Waals surface area contributed by atoms with Crippen LogP contribution in [0.4, 0.5) is 0 Å². The van der Waals surface area contributed by atoms with E-state index in [2.05, 4.69) is 66.7 Å². The molecule has 0 radical (unpaired) electrons. The summed E-state index contributed by atoms with van der Waals surface area (Å²) in [6, 6.07) is 0. The summed E-state index contributed by atoms with van der Waals surface area (Å²) in [5, 5.41) is 0. The molecule has 47 heavy (non-hydrogen) atoms. The summed E-state index contributed by atoms with van der Waals surface area (Å²) in [5.74, 6) is 6.13. The average molecular weight is 651 g/mol. The predicted molar refractivity (Wildman–Crippen MR) is 202 cm³/mol. The number of hydrogen-bond donors (Lipinski definition) is 0. The number of allylic oxidation sites excluding steroid dienone is 3. The Kier molecular flexibility index (Phi) is 15.5. The topological polar surface area (TPSA) is 26.3 Å². The van der Waals surface area contributed by atoms with E-state index in [0.717, 1.165) is 73.5 Å². The van der Waals surface area contributed by atoms with Crippen molar-refractivity contribution in [3.05, 3.63) is 23.8 Å².